The first-order valence-electron chi connectivity index (χ1n) is 4.74. The van der Waals surface area contributed by atoms with Gasteiger partial charge in [0.05, 0.1) is 7.11 Å². The Morgan fingerprint density at radius 2 is 1.87 bits per heavy atom. The molecule has 0 aliphatic heterocycles. The van der Waals surface area contributed by atoms with Crippen molar-refractivity contribution in [1.82, 2.24) is 0 Å². The molecule has 0 fully saturated rings. The molecule has 0 radical (unpaired) electrons. The molecule has 5 nitrogen and oxygen atoms in total. The number of carbonyl (C=O) groups excluding carboxylic acids is 2. The zero-order valence-electron chi connectivity index (χ0n) is 9.57. The van der Waals surface area contributed by atoms with Crippen LogP contribution in [0.25, 0.3) is 0 Å². The minimum absolute atomic E-state index is 0.00307. The van der Waals surface area contributed by atoms with Crippen molar-refractivity contribution in [3.63, 3.8) is 0 Å². The lowest BCUT2D eigenvalue weighted by atomic mass is 10.1. The molecule has 0 heterocycles. The Hall–Kier alpha value is -1.10. The lowest BCUT2D eigenvalue weighted by Gasteiger charge is -2.21. The van der Waals surface area contributed by atoms with Crippen LogP contribution in [0.4, 0.5) is 0 Å². The number of rotatable bonds is 4. The second kappa shape index (κ2) is 5.70. The second-order valence-electron chi connectivity index (χ2n) is 4.16. The fraction of sp³-hybridized carbons (Fsp3) is 0.800. The van der Waals surface area contributed by atoms with Crippen molar-refractivity contribution in [3.8, 4) is 0 Å². The maximum atomic E-state index is 11.2. The Balaban J connectivity index is 3.95. The van der Waals surface area contributed by atoms with Crippen LogP contribution in [0.5, 0.6) is 0 Å². The topological polar surface area (TPSA) is 72.8 Å². The third-order valence-corrected chi connectivity index (χ3v) is 1.53. The molecule has 1 N–H and O–H groups in total. The highest BCUT2D eigenvalue weighted by Crippen LogP contribution is 2.10. The maximum absolute atomic E-state index is 11.2. The van der Waals surface area contributed by atoms with Crippen LogP contribution in [0, 0.1) is 0 Å². The van der Waals surface area contributed by atoms with Crippen molar-refractivity contribution >= 4 is 11.9 Å². The van der Waals surface area contributed by atoms with Crippen molar-refractivity contribution in [2.45, 2.75) is 45.3 Å². The van der Waals surface area contributed by atoms with E-state index in [0.29, 0.717) is 0 Å². The van der Waals surface area contributed by atoms with Crippen LogP contribution in [0.2, 0.25) is 0 Å². The highest BCUT2D eigenvalue weighted by atomic mass is 16.6. The van der Waals surface area contributed by atoms with E-state index in [1.165, 1.54) is 7.11 Å². The van der Waals surface area contributed by atoms with Gasteiger partial charge in [0, 0.05) is 6.42 Å². The highest BCUT2D eigenvalue weighted by Gasteiger charge is 2.23. The van der Waals surface area contributed by atoms with E-state index in [-0.39, 0.29) is 12.8 Å². The lowest BCUT2D eigenvalue weighted by molar-refractivity contribution is -0.165. The van der Waals surface area contributed by atoms with Gasteiger partial charge in [0.2, 0.25) is 0 Å². The van der Waals surface area contributed by atoms with E-state index in [4.69, 9.17) is 4.74 Å². The Morgan fingerprint density at radius 3 is 2.27 bits per heavy atom. The summed E-state index contributed by atoms with van der Waals surface area (Å²) < 4.78 is 9.30. The molecule has 0 rings (SSSR count). The molecule has 0 saturated carbocycles. The third-order valence-electron chi connectivity index (χ3n) is 1.53. The van der Waals surface area contributed by atoms with Gasteiger partial charge in [0.25, 0.3) is 0 Å². The minimum Gasteiger partial charge on any atom is -0.469 e. The van der Waals surface area contributed by atoms with E-state index < -0.39 is 23.6 Å². The van der Waals surface area contributed by atoms with E-state index in [9.17, 15) is 14.7 Å². The molecule has 1 unspecified atom stereocenters. The normalized spacial score (nSPS) is 13.1. The molecule has 0 aromatic rings. The van der Waals surface area contributed by atoms with E-state index in [0.717, 1.165) is 0 Å². The zero-order valence-corrected chi connectivity index (χ0v) is 9.57. The highest BCUT2D eigenvalue weighted by molar-refractivity contribution is 5.76. The van der Waals surface area contributed by atoms with Gasteiger partial charge in [-0.2, -0.15) is 0 Å². The maximum Gasteiger partial charge on any atom is 0.335 e. The van der Waals surface area contributed by atoms with Gasteiger partial charge in [0.1, 0.15) is 5.60 Å². The Labute approximate surface area is 89.4 Å². The fourth-order valence-electron chi connectivity index (χ4n) is 0.844. The molecule has 0 aliphatic carbocycles. The molecule has 0 aromatic carbocycles. The number of carbonyl (C=O) groups is 2. The van der Waals surface area contributed by atoms with Crippen LogP contribution in [0.15, 0.2) is 0 Å². The first kappa shape index (κ1) is 13.9. The predicted octanol–water partition coefficient (Wildman–Crippen LogP) is 0.642. The number of aliphatic hydroxyl groups is 1. The fourth-order valence-corrected chi connectivity index (χ4v) is 0.844. The van der Waals surface area contributed by atoms with Crippen LogP contribution in [0.3, 0.4) is 0 Å². The molecule has 0 aromatic heterocycles. The summed E-state index contributed by atoms with van der Waals surface area (Å²) in [7, 11) is 1.25. The van der Waals surface area contributed by atoms with Crippen molar-refractivity contribution in [2.75, 3.05) is 7.11 Å². The Bertz CT molecular complexity index is 228. The summed E-state index contributed by atoms with van der Waals surface area (Å²) in [6.45, 7) is 5.12. The summed E-state index contributed by atoms with van der Waals surface area (Å²) in [5.74, 6) is -1.18. The van der Waals surface area contributed by atoms with Gasteiger partial charge in [-0.25, -0.2) is 4.79 Å². The van der Waals surface area contributed by atoms with Crippen molar-refractivity contribution in [3.05, 3.63) is 0 Å². The Morgan fingerprint density at radius 1 is 1.33 bits per heavy atom. The van der Waals surface area contributed by atoms with E-state index in [1.807, 2.05) is 0 Å². The van der Waals surface area contributed by atoms with Gasteiger partial charge in [-0.1, -0.05) is 0 Å². The smallest absolute Gasteiger partial charge is 0.335 e. The van der Waals surface area contributed by atoms with Gasteiger partial charge < -0.3 is 14.6 Å². The predicted molar refractivity (Wildman–Crippen MR) is 53.1 cm³/mol. The van der Waals surface area contributed by atoms with Crippen molar-refractivity contribution in [1.29, 1.82) is 0 Å². The average Bonchev–Trinajstić information content (AvgIpc) is 2.10. The first-order valence-corrected chi connectivity index (χ1v) is 4.74. The summed E-state index contributed by atoms with van der Waals surface area (Å²) in [5, 5.41) is 9.34. The Kier molecular flexibility index (Phi) is 5.28. The van der Waals surface area contributed by atoms with Crippen LogP contribution in [-0.2, 0) is 19.1 Å². The standard InChI is InChI=1S/C10H18O5/c1-10(2,3)15-9(13)7(11)5-6-8(12)14-4/h7,11H,5-6H2,1-4H3. The monoisotopic (exact) mass is 218 g/mol. The molecule has 0 spiro atoms. The molecule has 0 amide bonds. The largest absolute Gasteiger partial charge is 0.469 e. The number of methoxy groups -OCH3 is 1. The molecular formula is C10H18O5. The third kappa shape index (κ3) is 6.90. The number of esters is 2. The van der Waals surface area contributed by atoms with Crippen LogP contribution < -0.4 is 0 Å². The van der Waals surface area contributed by atoms with E-state index >= 15 is 0 Å². The molecule has 5 heteroatoms. The van der Waals surface area contributed by atoms with E-state index in [2.05, 4.69) is 4.74 Å². The van der Waals surface area contributed by atoms with Crippen LogP contribution in [-0.4, -0.2) is 35.9 Å². The van der Waals surface area contributed by atoms with E-state index in [1.54, 1.807) is 20.8 Å². The summed E-state index contributed by atoms with van der Waals surface area (Å²) in [5.41, 5.74) is -0.636. The van der Waals surface area contributed by atoms with Crippen molar-refractivity contribution in [2.24, 2.45) is 0 Å². The van der Waals surface area contributed by atoms with Crippen LogP contribution >= 0.6 is 0 Å². The molecule has 0 aliphatic rings. The SMILES string of the molecule is COC(=O)CCC(O)C(=O)OC(C)(C)C. The molecule has 88 valence electrons. The van der Waals surface area contributed by atoms with Gasteiger partial charge in [0.15, 0.2) is 6.10 Å². The first-order chi connectivity index (χ1) is 6.76. The number of hydrogen-bond acceptors (Lipinski definition) is 5. The minimum atomic E-state index is -1.27. The average molecular weight is 218 g/mol. The molecule has 0 saturated heterocycles. The van der Waals surface area contributed by atoms with Gasteiger partial charge in [-0.05, 0) is 27.2 Å². The second-order valence-corrected chi connectivity index (χ2v) is 4.16. The molecule has 1 atom stereocenters. The summed E-state index contributed by atoms with van der Waals surface area (Å²) in [6.07, 6.45) is -1.26. The van der Waals surface area contributed by atoms with Gasteiger partial charge in [-0.3, -0.25) is 4.79 Å². The van der Waals surface area contributed by atoms with Crippen LogP contribution in [0.1, 0.15) is 33.6 Å². The van der Waals surface area contributed by atoms with Crippen molar-refractivity contribution < 1.29 is 24.2 Å². The molecule has 15 heavy (non-hydrogen) atoms. The molecular weight excluding hydrogens is 200 g/mol. The van der Waals surface area contributed by atoms with Gasteiger partial charge >= 0.3 is 11.9 Å². The van der Waals surface area contributed by atoms with Gasteiger partial charge in [-0.15, -0.1) is 0 Å². The lowest BCUT2D eigenvalue weighted by Crippen LogP contribution is -2.32. The number of aliphatic hydroxyl groups excluding tert-OH is 1. The number of ether oxygens (including phenoxy) is 2. The number of hydrogen-bond donors (Lipinski definition) is 1. The summed E-state index contributed by atoms with van der Waals surface area (Å²) in [6, 6.07) is 0. The molecule has 0 bridgehead atoms. The quantitative estimate of drug-likeness (QED) is 0.701. The summed E-state index contributed by atoms with van der Waals surface area (Å²) >= 11 is 0. The zero-order chi connectivity index (χ0) is 12.1. The summed E-state index contributed by atoms with van der Waals surface area (Å²) in [4.78, 5) is 22.0.